The zero-order valence-corrected chi connectivity index (χ0v) is 16.4. The molecule has 6 heteroatoms. The third-order valence-electron chi connectivity index (χ3n) is 4.98. The Morgan fingerprint density at radius 2 is 1.71 bits per heavy atom. The lowest BCUT2D eigenvalue weighted by Crippen LogP contribution is -2.46. The average Bonchev–Trinajstić information content (AvgIpc) is 2.74. The highest BCUT2D eigenvalue weighted by Crippen LogP contribution is 2.25. The van der Waals surface area contributed by atoms with Crippen LogP contribution in [0.25, 0.3) is 11.3 Å². The zero-order chi connectivity index (χ0) is 19.5. The monoisotopic (exact) mass is 392 g/mol. The van der Waals surface area contributed by atoms with Gasteiger partial charge in [0.05, 0.1) is 18.1 Å². The Morgan fingerprint density at radius 1 is 0.964 bits per heavy atom. The molecule has 1 aliphatic rings. The van der Waals surface area contributed by atoms with E-state index < -0.39 is 0 Å². The van der Waals surface area contributed by atoms with Gasteiger partial charge in [-0.25, -0.2) is 4.98 Å². The van der Waals surface area contributed by atoms with Gasteiger partial charge in [-0.3, -0.25) is 9.78 Å². The van der Waals surface area contributed by atoms with E-state index in [0.29, 0.717) is 5.56 Å². The van der Waals surface area contributed by atoms with E-state index in [2.05, 4.69) is 20.9 Å². The fourth-order valence-electron chi connectivity index (χ4n) is 3.52. The highest BCUT2D eigenvalue weighted by Gasteiger charge is 2.20. The molecule has 0 unspecified atom stereocenters. The smallest absolute Gasteiger partial charge is 0.160 e. The molecular weight excluding hydrogens is 372 g/mol. The van der Waals surface area contributed by atoms with E-state index in [1.165, 1.54) is 0 Å². The number of Topliss-reactive ketones (excluding diaryl/α,β-unsaturated/α-hetero) is 1. The fourth-order valence-corrected chi connectivity index (χ4v) is 3.70. The normalized spacial score (nSPS) is 14.2. The van der Waals surface area contributed by atoms with E-state index >= 15 is 0 Å². The van der Waals surface area contributed by atoms with Crippen LogP contribution in [-0.2, 0) is 0 Å². The third-order valence-corrected chi connectivity index (χ3v) is 5.22. The molecule has 0 bridgehead atoms. The van der Waals surface area contributed by atoms with Crippen LogP contribution in [0.3, 0.4) is 0 Å². The summed E-state index contributed by atoms with van der Waals surface area (Å²) in [5.41, 5.74) is 3.35. The SMILES string of the molecule is CC(=O)c1ccccc1-c1cncc(N2CCN(c3cccc(Cl)c3)CC2)n1. The Hall–Kier alpha value is -2.92. The topological polar surface area (TPSA) is 49.3 Å². The second-order valence-corrected chi connectivity index (χ2v) is 7.25. The van der Waals surface area contributed by atoms with E-state index in [-0.39, 0.29) is 5.78 Å². The number of aromatic nitrogens is 2. The lowest BCUT2D eigenvalue weighted by molar-refractivity contribution is 0.101. The molecular formula is C22H21ClN4O. The molecule has 2 aromatic carbocycles. The minimum Gasteiger partial charge on any atom is -0.368 e. The average molecular weight is 393 g/mol. The summed E-state index contributed by atoms with van der Waals surface area (Å²) in [4.78, 5) is 25.7. The molecule has 2 heterocycles. The number of rotatable bonds is 4. The van der Waals surface area contributed by atoms with Crippen LogP contribution in [-0.4, -0.2) is 41.9 Å². The van der Waals surface area contributed by atoms with Crippen molar-refractivity contribution in [2.75, 3.05) is 36.0 Å². The Labute approximate surface area is 169 Å². The third kappa shape index (κ3) is 3.85. The Bertz CT molecular complexity index is 999. The molecule has 0 saturated carbocycles. The molecule has 28 heavy (non-hydrogen) atoms. The number of nitrogens with zero attached hydrogens (tertiary/aromatic N) is 4. The molecule has 0 radical (unpaired) electrons. The first-order chi connectivity index (χ1) is 13.6. The lowest BCUT2D eigenvalue weighted by Gasteiger charge is -2.36. The lowest BCUT2D eigenvalue weighted by atomic mass is 10.0. The van der Waals surface area contributed by atoms with Gasteiger partial charge in [-0.2, -0.15) is 0 Å². The summed E-state index contributed by atoms with van der Waals surface area (Å²) in [6, 6.07) is 15.5. The van der Waals surface area contributed by atoms with Gasteiger partial charge in [0.25, 0.3) is 0 Å². The van der Waals surface area contributed by atoms with Gasteiger partial charge in [0, 0.05) is 48.0 Å². The maximum Gasteiger partial charge on any atom is 0.160 e. The highest BCUT2D eigenvalue weighted by molar-refractivity contribution is 6.30. The van der Waals surface area contributed by atoms with E-state index in [1.807, 2.05) is 42.5 Å². The van der Waals surface area contributed by atoms with Crippen molar-refractivity contribution in [1.29, 1.82) is 0 Å². The molecule has 3 aromatic rings. The van der Waals surface area contributed by atoms with E-state index in [0.717, 1.165) is 54.0 Å². The maximum absolute atomic E-state index is 11.9. The molecule has 1 fully saturated rings. The van der Waals surface area contributed by atoms with Gasteiger partial charge in [0.15, 0.2) is 5.78 Å². The van der Waals surface area contributed by atoms with Crippen molar-refractivity contribution in [1.82, 2.24) is 9.97 Å². The molecule has 0 N–H and O–H groups in total. The number of piperazine rings is 1. The summed E-state index contributed by atoms with van der Waals surface area (Å²) in [5.74, 6) is 0.861. The van der Waals surface area contributed by atoms with Gasteiger partial charge in [-0.15, -0.1) is 0 Å². The number of hydrogen-bond acceptors (Lipinski definition) is 5. The standard InChI is InChI=1S/C22H21ClN4O/c1-16(28)19-7-2-3-8-20(19)21-14-24-15-22(25-21)27-11-9-26(10-12-27)18-6-4-5-17(23)13-18/h2-8,13-15H,9-12H2,1H3. The van der Waals surface area contributed by atoms with Gasteiger partial charge in [0.1, 0.15) is 5.82 Å². The number of carbonyl (C=O) groups excluding carboxylic acids is 1. The zero-order valence-electron chi connectivity index (χ0n) is 15.7. The Kier molecular flexibility index (Phi) is 5.26. The van der Waals surface area contributed by atoms with Crippen LogP contribution in [0, 0.1) is 0 Å². The fraction of sp³-hybridized carbons (Fsp3) is 0.227. The summed E-state index contributed by atoms with van der Waals surface area (Å²) in [6.45, 7) is 5.04. The number of hydrogen-bond donors (Lipinski definition) is 0. The predicted molar refractivity (Wildman–Crippen MR) is 113 cm³/mol. The first kappa shape index (κ1) is 18.4. The number of anilines is 2. The molecule has 0 atom stereocenters. The number of carbonyl (C=O) groups is 1. The van der Waals surface area contributed by atoms with Crippen LogP contribution < -0.4 is 9.80 Å². The van der Waals surface area contributed by atoms with Crippen molar-refractivity contribution in [2.45, 2.75) is 6.92 Å². The second kappa shape index (κ2) is 7.98. The largest absolute Gasteiger partial charge is 0.368 e. The van der Waals surface area contributed by atoms with Crippen molar-refractivity contribution in [3.05, 3.63) is 71.5 Å². The van der Waals surface area contributed by atoms with Crippen LogP contribution in [0.15, 0.2) is 60.9 Å². The van der Waals surface area contributed by atoms with E-state index in [1.54, 1.807) is 19.3 Å². The van der Waals surface area contributed by atoms with Crippen molar-refractivity contribution in [3.63, 3.8) is 0 Å². The van der Waals surface area contributed by atoms with Crippen LogP contribution in [0.4, 0.5) is 11.5 Å². The van der Waals surface area contributed by atoms with Crippen molar-refractivity contribution < 1.29 is 4.79 Å². The van der Waals surface area contributed by atoms with Gasteiger partial charge in [0.2, 0.25) is 0 Å². The van der Waals surface area contributed by atoms with Crippen molar-refractivity contribution in [3.8, 4) is 11.3 Å². The molecule has 0 amide bonds. The second-order valence-electron chi connectivity index (χ2n) is 6.82. The minimum atomic E-state index is 0.0259. The quantitative estimate of drug-likeness (QED) is 0.618. The summed E-state index contributed by atoms with van der Waals surface area (Å²) >= 11 is 6.12. The van der Waals surface area contributed by atoms with Crippen LogP contribution in [0.1, 0.15) is 17.3 Å². The highest BCUT2D eigenvalue weighted by atomic mass is 35.5. The van der Waals surface area contributed by atoms with E-state index in [4.69, 9.17) is 16.6 Å². The van der Waals surface area contributed by atoms with Gasteiger partial charge in [-0.05, 0) is 25.1 Å². The van der Waals surface area contributed by atoms with Crippen LogP contribution in [0.2, 0.25) is 5.02 Å². The van der Waals surface area contributed by atoms with Crippen LogP contribution in [0.5, 0.6) is 0 Å². The summed E-state index contributed by atoms with van der Waals surface area (Å²) < 4.78 is 0. The van der Waals surface area contributed by atoms with Gasteiger partial charge in [-0.1, -0.05) is 41.9 Å². The molecule has 5 nitrogen and oxygen atoms in total. The minimum absolute atomic E-state index is 0.0259. The molecule has 1 aromatic heterocycles. The van der Waals surface area contributed by atoms with Crippen molar-refractivity contribution >= 4 is 28.9 Å². The molecule has 1 aliphatic heterocycles. The summed E-state index contributed by atoms with van der Waals surface area (Å²) in [5, 5.41) is 0.752. The van der Waals surface area contributed by atoms with Crippen molar-refractivity contribution in [2.24, 2.45) is 0 Å². The molecule has 4 rings (SSSR count). The molecule has 142 valence electrons. The first-order valence-electron chi connectivity index (χ1n) is 9.29. The summed E-state index contributed by atoms with van der Waals surface area (Å²) in [7, 11) is 0. The molecule has 1 saturated heterocycles. The molecule has 0 aliphatic carbocycles. The predicted octanol–water partition coefficient (Wildman–Crippen LogP) is 4.33. The molecule has 0 spiro atoms. The Balaban J connectivity index is 1.53. The Morgan fingerprint density at radius 3 is 2.46 bits per heavy atom. The first-order valence-corrected chi connectivity index (χ1v) is 9.67. The number of benzene rings is 2. The van der Waals surface area contributed by atoms with Gasteiger partial charge >= 0.3 is 0 Å². The summed E-state index contributed by atoms with van der Waals surface area (Å²) in [6.07, 6.45) is 3.50. The van der Waals surface area contributed by atoms with Crippen LogP contribution >= 0.6 is 11.6 Å². The van der Waals surface area contributed by atoms with Gasteiger partial charge < -0.3 is 9.80 Å². The number of ketones is 1. The number of halogens is 1. The van der Waals surface area contributed by atoms with E-state index in [9.17, 15) is 4.79 Å². The maximum atomic E-state index is 11.9.